The summed E-state index contributed by atoms with van der Waals surface area (Å²) in [5.74, 6) is 2.26. The first-order chi connectivity index (χ1) is 15.5. The second-order valence-corrected chi connectivity index (χ2v) is 10.4. The van der Waals surface area contributed by atoms with Crippen LogP contribution in [0.2, 0.25) is 0 Å². The average Bonchev–Trinajstić information content (AvgIpc) is 2.83. The average molecular weight is 479 g/mol. The Balaban J connectivity index is 1.50. The molecular weight excluding hydrogens is 448 g/mol. The zero-order valence-corrected chi connectivity index (χ0v) is 19.9. The van der Waals surface area contributed by atoms with E-state index in [4.69, 9.17) is 9.47 Å². The molecular formula is C23H30N2O5S2. The summed E-state index contributed by atoms with van der Waals surface area (Å²) in [4.78, 5) is 12.5. The SMILES string of the molecule is COc1ccc(S(=O)(=O)N2CCOCC2)cc1CCC(=O)NCCSCc1ccccc1. The molecule has 0 unspecified atom stereocenters. The Morgan fingerprint density at radius 2 is 1.91 bits per heavy atom. The third-order valence-electron chi connectivity index (χ3n) is 5.16. The van der Waals surface area contributed by atoms with Crippen molar-refractivity contribution in [3.8, 4) is 5.75 Å². The summed E-state index contributed by atoms with van der Waals surface area (Å²) in [5.41, 5.74) is 1.97. The standard InChI is InChI=1S/C23H30N2O5S2/c1-29-22-9-8-21(32(27,28)25-12-14-30-15-13-25)17-20(22)7-10-23(26)24-11-16-31-18-19-5-3-2-4-6-19/h2-6,8-9,17H,7,10-16,18H2,1H3,(H,24,26). The van der Waals surface area contributed by atoms with Crippen molar-refractivity contribution in [1.82, 2.24) is 9.62 Å². The molecule has 1 aliphatic heterocycles. The van der Waals surface area contributed by atoms with Crippen molar-refractivity contribution in [1.29, 1.82) is 0 Å². The van der Waals surface area contributed by atoms with Crippen LogP contribution in [-0.2, 0) is 31.7 Å². The number of morpholine rings is 1. The van der Waals surface area contributed by atoms with Gasteiger partial charge in [0.25, 0.3) is 0 Å². The van der Waals surface area contributed by atoms with Gasteiger partial charge in [0.15, 0.2) is 0 Å². The monoisotopic (exact) mass is 478 g/mol. The van der Waals surface area contributed by atoms with Gasteiger partial charge in [-0.15, -0.1) is 0 Å². The molecule has 0 saturated carbocycles. The lowest BCUT2D eigenvalue weighted by molar-refractivity contribution is -0.120. The number of benzene rings is 2. The Bertz CT molecular complexity index is 977. The van der Waals surface area contributed by atoms with Crippen molar-refractivity contribution >= 4 is 27.7 Å². The van der Waals surface area contributed by atoms with Crippen LogP contribution in [0.3, 0.4) is 0 Å². The summed E-state index contributed by atoms with van der Waals surface area (Å²) >= 11 is 1.77. The first kappa shape index (κ1) is 24.6. The van der Waals surface area contributed by atoms with Gasteiger partial charge in [0.1, 0.15) is 5.75 Å². The molecule has 1 fully saturated rings. The number of nitrogens with one attached hydrogen (secondary N) is 1. The lowest BCUT2D eigenvalue weighted by Crippen LogP contribution is -2.40. The number of carbonyl (C=O) groups excluding carboxylic acids is 1. The van der Waals surface area contributed by atoms with Crippen molar-refractivity contribution < 1.29 is 22.7 Å². The van der Waals surface area contributed by atoms with Crippen LogP contribution >= 0.6 is 11.8 Å². The lowest BCUT2D eigenvalue weighted by Gasteiger charge is -2.26. The smallest absolute Gasteiger partial charge is 0.243 e. The normalized spacial score (nSPS) is 14.8. The maximum absolute atomic E-state index is 12.9. The van der Waals surface area contributed by atoms with E-state index in [9.17, 15) is 13.2 Å². The van der Waals surface area contributed by atoms with Crippen LogP contribution in [0.15, 0.2) is 53.4 Å². The van der Waals surface area contributed by atoms with E-state index in [0.29, 0.717) is 50.6 Å². The number of aryl methyl sites for hydroxylation is 1. The minimum Gasteiger partial charge on any atom is -0.496 e. The highest BCUT2D eigenvalue weighted by molar-refractivity contribution is 7.98. The predicted molar refractivity (Wildman–Crippen MR) is 127 cm³/mol. The van der Waals surface area contributed by atoms with Crippen molar-refractivity contribution in [2.45, 2.75) is 23.5 Å². The molecule has 7 nitrogen and oxygen atoms in total. The molecule has 174 valence electrons. The van der Waals surface area contributed by atoms with E-state index in [2.05, 4.69) is 17.4 Å². The molecule has 3 rings (SSSR count). The summed E-state index contributed by atoms with van der Waals surface area (Å²) in [6.45, 7) is 2.07. The maximum atomic E-state index is 12.9. The lowest BCUT2D eigenvalue weighted by atomic mass is 10.1. The molecule has 2 aromatic rings. The zero-order valence-electron chi connectivity index (χ0n) is 18.3. The van der Waals surface area contributed by atoms with Gasteiger partial charge >= 0.3 is 0 Å². The van der Waals surface area contributed by atoms with Gasteiger partial charge < -0.3 is 14.8 Å². The van der Waals surface area contributed by atoms with E-state index < -0.39 is 10.0 Å². The zero-order chi connectivity index (χ0) is 22.8. The topological polar surface area (TPSA) is 84.9 Å². The van der Waals surface area contributed by atoms with Gasteiger partial charge in [-0.05, 0) is 35.7 Å². The van der Waals surface area contributed by atoms with Crippen molar-refractivity contribution in [3.63, 3.8) is 0 Å². The van der Waals surface area contributed by atoms with Crippen LogP contribution < -0.4 is 10.1 Å². The van der Waals surface area contributed by atoms with E-state index >= 15 is 0 Å². The van der Waals surface area contributed by atoms with Gasteiger partial charge in [0.05, 0.1) is 25.2 Å². The number of thioether (sulfide) groups is 1. The van der Waals surface area contributed by atoms with Gasteiger partial charge in [-0.3, -0.25) is 4.79 Å². The Hall–Kier alpha value is -2.07. The molecule has 1 aliphatic rings. The predicted octanol–water partition coefficient (Wildman–Crippen LogP) is 2.70. The molecule has 1 saturated heterocycles. The molecule has 0 radical (unpaired) electrons. The highest BCUT2D eigenvalue weighted by atomic mass is 32.2. The summed E-state index contributed by atoms with van der Waals surface area (Å²) in [7, 11) is -2.06. The van der Waals surface area contributed by atoms with Gasteiger partial charge in [-0.2, -0.15) is 16.1 Å². The maximum Gasteiger partial charge on any atom is 0.243 e. The van der Waals surface area contributed by atoms with Crippen LogP contribution in [0.1, 0.15) is 17.5 Å². The van der Waals surface area contributed by atoms with Crippen LogP contribution in [0.4, 0.5) is 0 Å². The van der Waals surface area contributed by atoms with Crippen LogP contribution in [0, 0.1) is 0 Å². The van der Waals surface area contributed by atoms with E-state index in [1.54, 1.807) is 37.1 Å². The number of carbonyl (C=O) groups is 1. The van der Waals surface area contributed by atoms with Crippen molar-refractivity contribution in [3.05, 3.63) is 59.7 Å². The number of sulfonamides is 1. The third-order valence-corrected chi connectivity index (χ3v) is 8.09. The number of nitrogens with zero attached hydrogens (tertiary/aromatic N) is 1. The first-order valence-corrected chi connectivity index (χ1v) is 13.2. The number of rotatable bonds is 11. The molecule has 0 atom stereocenters. The molecule has 0 aliphatic carbocycles. The van der Waals surface area contributed by atoms with Gasteiger partial charge in [0, 0.05) is 37.6 Å². The Labute approximate surface area is 194 Å². The quantitative estimate of drug-likeness (QED) is 0.500. The minimum atomic E-state index is -3.60. The molecule has 0 aromatic heterocycles. The summed E-state index contributed by atoms with van der Waals surface area (Å²) in [5, 5.41) is 2.93. The molecule has 0 bridgehead atoms. The number of amides is 1. The number of methoxy groups -OCH3 is 1. The third kappa shape index (κ3) is 6.96. The molecule has 0 spiro atoms. The van der Waals surface area contributed by atoms with Crippen LogP contribution in [0.5, 0.6) is 5.75 Å². The largest absolute Gasteiger partial charge is 0.496 e. The highest BCUT2D eigenvalue weighted by Crippen LogP contribution is 2.26. The highest BCUT2D eigenvalue weighted by Gasteiger charge is 2.27. The Morgan fingerprint density at radius 1 is 1.16 bits per heavy atom. The summed E-state index contributed by atoms with van der Waals surface area (Å²) in [6.07, 6.45) is 0.666. The molecule has 32 heavy (non-hydrogen) atoms. The van der Waals surface area contributed by atoms with Gasteiger partial charge in [0.2, 0.25) is 15.9 Å². The van der Waals surface area contributed by atoms with Crippen LogP contribution in [0.25, 0.3) is 0 Å². The Morgan fingerprint density at radius 3 is 2.62 bits per heavy atom. The van der Waals surface area contributed by atoms with Gasteiger partial charge in [-0.1, -0.05) is 30.3 Å². The fraction of sp³-hybridized carbons (Fsp3) is 0.435. The molecule has 9 heteroatoms. The van der Waals surface area contributed by atoms with E-state index in [0.717, 1.165) is 11.5 Å². The first-order valence-electron chi connectivity index (χ1n) is 10.6. The Kier molecular flexibility index (Phi) is 9.40. The fourth-order valence-electron chi connectivity index (χ4n) is 3.41. The van der Waals surface area contributed by atoms with E-state index in [1.165, 1.54) is 9.87 Å². The fourth-order valence-corrected chi connectivity index (χ4v) is 5.69. The van der Waals surface area contributed by atoms with Gasteiger partial charge in [-0.25, -0.2) is 8.42 Å². The summed E-state index contributed by atoms with van der Waals surface area (Å²) in [6, 6.07) is 15.0. The molecule has 1 amide bonds. The molecule has 1 heterocycles. The van der Waals surface area contributed by atoms with Crippen LogP contribution in [-0.4, -0.2) is 64.3 Å². The van der Waals surface area contributed by atoms with E-state index in [-0.39, 0.29) is 17.2 Å². The number of hydrogen-bond donors (Lipinski definition) is 1. The molecule has 1 N–H and O–H groups in total. The van der Waals surface area contributed by atoms with Crippen molar-refractivity contribution in [2.75, 3.05) is 45.7 Å². The number of hydrogen-bond acceptors (Lipinski definition) is 6. The second kappa shape index (κ2) is 12.2. The second-order valence-electron chi connectivity index (χ2n) is 7.38. The summed E-state index contributed by atoms with van der Waals surface area (Å²) < 4.78 is 37.9. The number of ether oxygens (including phenoxy) is 2. The molecule has 2 aromatic carbocycles. The van der Waals surface area contributed by atoms with Crippen molar-refractivity contribution in [2.24, 2.45) is 0 Å². The van der Waals surface area contributed by atoms with E-state index in [1.807, 2.05) is 18.2 Å². The minimum absolute atomic E-state index is 0.0613.